The van der Waals surface area contributed by atoms with E-state index in [2.05, 4.69) is 15.4 Å². The van der Waals surface area contributed by atoms with Crippen molar-refractivity contribution >= 4 is 5.91 Å². The minimum Gasteiger partial charge on any atom is -0.361 e. The number of H-pyrrole nitrogens is 1. The highest BCUT2D eigenvalue weighted by atomic mass is 16.5. The van der Waals surface area contributed by atoms with Crippen molar-refractivity contribution in [2.24, 2.45) is 0 Å². The number of aryl methyl sites for hydroxylation is 2. The number of aromatic nitrogens is 3. The number of aromatic amines is 1. The van der Waals surface area contributed by atoms with Gasteiger partial charge in [-0.2, -0.15) is 5.10 Å². The Morgan fingerprint density at radius 2 is 2.00 bits per heavy atom. The lowest BCUT2D eigenvalue weighted by atomic mass is 10.1. The van der Waals surface area contributed by atoms with Crippen LogP contribution >= 0.6 is 0 Å². The van der Waals surface area contributed by atoms with Crippen molar-refractivity contribution in [1.82, 2.24) is 20.3 Å². The SMILES string of the molecule is Cc1noc(C)c1CN(C)C(=O)c1cn[nH]c1-c1ccccc1. The van der Waals surface area contributed by atoms with Crippen LogP contribution in [0.4, 0.5) is 0 Å². The maximum atomic E-state index is 12.8. The molecule has 0 aliphatic rings. The maximum absolute atomic E-state index is 12.8. The molecule has 2 heterocycles. The van der Waals surface area contributed by atoms with Gasteiger partial charge in [-0.1, -0.05) is 35.5 Å². The van der Waals surface area contributed by atoms with Crippen LogP contribution in [0.5, 0.6) is 0 Å². The molecule has 0 aliphatic carbocycles. The fourth-order valence-electron chi connectivity index (χ4n) is 2.52. The second-order valence-corrected chi connectivity index (χ2v) is 5.49. The van der Waals surface area contributed by atoms with Crippen LogP contribution in [0.3, 0.4) is 0 Å². The van der Waals surface area contributed by atoms with E-state index < -0.39 is 0 Å². The molecule has 0 aliphatic heterocycles. The van der Waals surface area contributed by atoms with Crippen LogP contribution in [0.25, 0.3) is 11.3 Å². The molecule has 0 unspecified atom stereocenters. The van der Waals surface area contributed by atoms with Gasteiger partial charge in [0.25, 0.3) is 5.91 Å². The first-order valence-corrected chi connectivity index (χ1v) is 7.34. The Hall–Kier alpha value is -2.89. The monoisotopic (exact) mass is 310 g/mol. The molecule has 0 saturated carbocycles. The molecule has 2 aromatic heterocycles. The van der Waals surface area contributed by atoms with Crippen molar-refractivity contribution in [3.8, 4) is 11.3 Å². The Labute approximate surface area is 134 Å². The minimum absolute atomic E-state index is 0.0994. The third-order valence-corrected chi connectivity index (χ3v) is 3.86. The lowest BCUT2D eigenvalue weighted by Crippen LogP contribution is -2.26. The molecule has 1 aromatic carbocycles. The Kier molecular flexibility index (Phi) is 3.97. The summed E-state index contributed by atoms with van der Waals surface area (Å²) in [7, 11) is 1.76. The van der Waals surface area contributed by atoms with E-state index in [0.717, 1.165) is 28.3 Å². The fourth-order valence-corrected chi connectivity index (χ4v) is 2.52. The van der Waals surface area contributed by atoms with Crippen molar-refractivity contribution in [1.29, 1.82) is 0 Å². The van der Waals surface area contributed by atoms with Crippen molar-refractivity contribution < 1.29 is 9.32 Å². The van der Waals surface area contributed by atoms with E-state index in [1.54, 1.807) is 18.1 Å². The quantitative estimate of drug-likeness (QED) is 0.804. The zero-order chi connectivity index (χ0) is 16.4. The number of benzene rings is 1. The van der Waals surface area contributed by atoms with Crippen LogP contribution in [0.1, 0.15) is 27.4 Å². The van der Waals surface area contributed by atoms with Crippen molar-refractivity contribution in [3.05, 3.63) is 59.1 Å². The van der Waals surface area contributed by atoms with Crippen molar-refractivity contribution in [2.75, 3.05) is 7.05 Å². The lowest BCUT2D eigenvalue weighted by Gasteiger charge is -2.17. The van der Waals surface area contributed by atoms with E-state index in [-0.39, 0.29) is 5.91 Å². The Morgan fingerprint density at radius 3 is 2.65 bits per heavy atom. The van der Waals surface area contributed by atoms with Crippen LogP contribution in [0.15, 0.2) is 41.1 Å². The molecule has 1 amide bonds. The van der Waals surface area contributed by atoms with E-state index in [1.807, 2.05) is 44.2 Å². The van der Waals surface area contributed by atoms with Gasteiger partial charge in [-0.3, -0.25) is 9.89 Å². The molecule has 23 heavy (non-hydrogen) atoms. The first-order chi connectivity index (χ1) is 11.1. The van der Waals surface area contributed by atoms with E-state index in [1.165, 1.54) is 0 Å². The molecule has 6 heteroatoms. The van der Waals surface area contributed by atoms with E-state index in [4.69, 9.17) is 4.52 Å². The number of nitrogens with zero attached hydrogens (tertiary/aromatic N) is 3. The highest BCUT2D eigenvalue weighted by Crippen LogP contribution is 2.23. The second kappa shape index (κ2) is 6.08. The van der Waals surface area contributed by atoms with Crippen molar-refractivity contribution in [2.45, 2.75) is 20.4 Å². The van der Waals surface area contributed by atoms with Gasteiger partial charge in [-0.05, 0) is 13.8 Å². The smallest absolute Gasteiger partial charge is 0.257 e. The average Bonchev–Trinajstić information content (AvgIpc) is 3.17. The van der Waals surface area contributed by atoms with Crippen LogP contribution in [-0.4, -0.2) is 33.2 Å². The summed E-state index contributed by atoms with van der Waals surface area (Å²) in [5.74, 6) is 0.634. The minimum atomic E-state index is -0.0994. The summed E-state index contributed by atoms with van der Waals surface area (Å²) >= 11 is 0. The average molecular weight is 310 g/mol. The molecule has 0 radical (unpaired) electrons. The Morgan fingerprint density at radius 1 is 1.26 bits per heavy atom. The van der Waals surface area contributed by atoms with Gasteiger partial charge >= 0.3 is 0 Å². The van der Waals surface area contributed by atoms with E-state index in [9.17, 15) is 4.79 Å². The summed E-state index contributed by atoms with van der Waals surface area (Å²) in [6.45, 7) is 4.16. The summed E-state index contributed by atoms with van der Waals surface area (Å²) in [4.78, 5) is 14.4. The molecule has 3 rings (SSSR count). The highest BCUT2D eigenvalue weighted by Gasteiger charge is 2.21. The molecule has 0 fully saturated rings. The zero-order valence-electron chi connectivity index (χ0n) is 13.3. The third kappa shape index (κ3) is 2.88. The number of carbonyl (C=O) groups excluding carboxylic acids is 1. The first-order valence-electron chi connectivity index (χ1n) is 7.34. The normalized spacial score (nSPS) is 10.7. The zero-order valence-corrected chi connectivity index (χ0v) is 13.3. The largest absolute Gasteiger partial charge is 0.361 e. The van der Waals surface area contributed by atoms with Gasteiger partial charge in [0.1, 0.15) is 5.76 Å². The summed E-state index contributed by atoms with van der Waals surface area (Å²) in [5.41, 5.74) is 3.94. The number of nitrogens with one attached hydrogen (secondary N) is 1. The molecule has 118 valence electrons. The van der Waals surface area contributed by atoms with Crippen LogP contribution in [0.2, 0.25) is 0 Å². The highest BCUT2D eigenvalue weighted by molar-refractivity contribution is 5.99. The summed E-state index contributed by atoms with van der Waals surface area (Å²) in [6, 6.07) is 9.68. The van der Waals surface area contributed by atoms with E-state index in [0.29, 0.717) is 12.1 Å². The molecule has 6 nitrogen and oxygen atoms in total. The van der Waals surface area contributed by atoms with Crippen LogP contribution < -0.4 is 0 Å². The predicted molar refractivity (Wildman–Crippen MR) is 85.8 cm³/mol. The Balaban J connectivity index is 1.85. The second-order valence-electron chi connectivity index (χ2n) is 5.49. The third-order valence-electron chi connectivity index (χ3n) is 3.86. The number of hydrogen-bond acceptors (Lipinski definition) is 4. The lowest BCUT2D eigenvalue weighted by molar-refractivity contribution is 0.0785. The molecular formula is C17H18N4O2. The van der Waals surface area contributed by atoms with Gasteiger partial charge < -0.3 is 9.42 Å². The van der Waals surface area contributed by atoms with Gasteiger partial charge in [0.05, 0.1) is 29.7 Å². The predicted octanol–water partition coefficient (Wildman–Crippen LogP) is 2.95. The van der Waals surface area contributed by atoms with E-state index >= 15 is 0 Å². The molecule has 0 saturated heterocycles. The number of amides is 1. The number of carbonyl (C=O) groups is 1. The Bertz CT molecular complexity index is 801. The maximum Gasteiger partial charge on any atom is 0.257 e. The molecular weight excluding hydrogens is 292 g/mol. The van der Waals surface area contributed by atoms with Gasteiger partial charge in [-0.15, -0.1) is 0 Å². The van der Waals surface area contributed by atoms with Crippen molar-refractivity contribution in [3.63, 3.8) is 0 Å². The van der Waals surface area contributed by atoms with Crippen LogP contribution in [0, 0.1) is 13.8 Å². The van der Waals surface area contributed by atoms with Gasteiger partial charge in [0.2, 0.25) is 0 Å². The molecule has 0 spiro atoms. The first kappa shape index (κ1) is 15.0. The molecule has 3 aromatic rings. The van der Waals surface area contributed by atoms with Gasteiger partial charge in [-0.25, -0.2) is 0 Å². The number of hydrogen-bond donors (Lipinski definition) is 1. The summed E-state index contributed by atoms with van der Waals surface area (Å²) < 4.78 is 5.15. The fraction of sp³-hybridized carbons (Fsp3) is 0.235. The molecule has 0 bridgehead atoms. The molecule has 1 N–H and O–H groups in total. The van der Waals surface area contributed by atoms with Gasteiger partial charge in [0, 0.05) is 18.2 Å². The summed E-state index contributed by atoms with van der Waals surface area (Å²) in [5, 5.41) is 10.9. The summed E-state index contributed by atoms with van der Waals surface area (Å²) in [6.07, 6.45) is 1.56. The van der Waals surface area contributed by atoms with Crippen LogP contribution in [-0.2, 0) is 6.54 Å². The van der Waals surface area contributed by atoms with Gasteiger partial charge in [0.15, 0.2) is 0 Å². The number of rotatable bonds is 4. The topological polar surface area (TPSA) is 75.0 Å². The molecule has 0 atom stereocenters. The standard InChI is InChI=1S/C17H18N4O2/c1-11-15(12(2)23-20-11)10-21(3)17(22)14-9-18-19-16(14)13-7-5-4-6-8-13/h4-9H,10H2,1-3H3,(H,18,19).